The average Bonchev–Trinajstić information content (AvgIpc) is 4.13. The number of guanidine groups is 1. The van der Waals surface area contributed by atoms with Gasteiger partial charge in [0.2, 0.25) is 59.1 Å². The van der Waals surface area contributed by atoms with Gasteiger partial charge in [-0.25, -0.2) is 0 Å². The summed E-state index contributed by atoms with van der Waals surface area (Å²) in [4.78, 5) is 147. The van der Waals surface area contributed by atoms with E-state index in [1.54, 1.807) is 12.3 Å². The minimum absolute atomic E-state index is 0.0559. The first-order chi connectivity index (χ1) is 37.9. The van der Waals surface area contributed by atoms with Gasteiger partial charge in [-0.3, -0.25) is 52.9 Å². The molecule has 0 saturated carbocycles. The maximum atomic E-state index is 14.9. The molecule has 15 N–H and O–H groups in total. The molecule has 0 bridgehead atoms. The van der Waals surface area contributed by atoms with Crippen LogP contribution in [0.4, 0.5) is 0 Å². The first-order valence-electron chi connectivity index (χ1n) is 26.9. The molecule has 24 heteroatoms. The Balaban J connectivity index is 1.37. The Bertz CT molecular complexity index is 2890. The van der Waals surface area contributed by atoms with Gasteiger partial charge in [-0.2, -0.15) is 0 Å². The van der Waals surface area contributed by atoms with E-state index in [0.717, 1.165) is 21.7 Å². The lowest BCUT2D eigenvalue weighted by Gasteiger charge is -2.31. The summed E-state index contributed by atoms with van der Waals surface area (Å²) in [6.07, 6.45) is 3.73. The van der Waals surface area contributed by atoms with E-state index in [1.165, 1.54) is 11.8 Å². The number of primary amides is 1. The molecule has 424 valence electrons. The van der Waals surface area contributed by atoms with Crippen LogP contribution >= 0.6 is 0 Å². The normalized spacial score (nSPS) is 22.0. The number of nitrogens with zero attached hydrogens (tertiary/aromatic N) is 2. The summed E-state index contributed by atoms with van der Waals surface area (Å²) in [6.45, 7) is 2.72. The van der Waals surface area contributed by atoms with Crippen molar-refractivity contribution in [3.63, 3.8) is 0 Å². The molecule has 0 spiro atoms. The van der Waals surface area contributed by atoms with E-state index in [4.69, 9.17) is 17.2 Å². The highest BCUT2D eigenvalue weighted by atomic mass is 16.2. The molecule has 24 nitrogen and oxygen atoms in total. The van der Waals surface area contributed by atoms with E-state index in [1.807, 2.05) is 67.6 Å². The second-order valence-corrected chi connectivity index (χ2v) is 20.0. The molecule has 3 heterocycles. The van der Waals surface area contributed by atoms with Crippen LogP contribution in [0.15, 0.2) is 77.9 Å². The summed E-state index contributed by atoms with van der Waals surface area (Å²) in [7, 11) is 0. The number of hydrogen-bond acceptors (Lipinski definition) is 11. The Labute approximate surface area is 457 Å². The van der Waals surface area contributed by atoms with Crippen molar-refractivity contribution < 1.29 is 47.9 Å². The van der Waals surface area contributed by atoms with E-state index in [9.17, 15) is 47.9 Å². The van der Waals surface area contributed by atoms with Crippen LogP contribution in [-0.2, 0) is 60.8 Å². The highest BCUT2D eigenvalue weighted by Crippen LogP contribution is 2.23. The number of aliphatic imine (C=N–C) groups is 1. The molecule has 0 unspecified atom stereocenters. The van der Waals surface area contributed by atoms with Crippen LogP contribution in [0.3, 0.4) is 0 Å². The summed E-state index contributed by atoms with van der Waals surface area (Å²) in [5.74, 6) is -7.46. The Morgan fingerprint density at radius 3 is 2.20 bits per heavy atom. The number of unbranched alkanes of at least 4 members (excludes halogenated alkanes) is 1. The third-order valence-corrected chi connectivity index (χ3v) is 13.9. The van der Waals surface area contributed by atoms with Crippen molar-refractivity contribution in [3.05, 3.63) is 84.1 Å². The summed E-state index contributed by atoms with van der Waals surface area (Å²) in [6, 6.07) is 11.5. The molecule has 2 aliphatic heterocycles. The maximum Gasteiger partial charge on any atom is 0.246 e. The van der Waals surface area contributed by atoms with Gasteiger partial charge in [-0.05, 0) is 79.3 Å². The zero-order valence-corrected chi connectivity index (χ0v) is 44.7. The van der Waals surface area contributed by atoms with Gasteiger partial charge in [0.05, 0.1) is 13.0 Å². The van der Waals surface area contributed by atoms with Gasteiger partial charge < -0.3 is 69.6 Å². The molecule has 2 aliphatic rings. The van der Waals surface area contributed by atoms with Crippen molar-refractivity contribution >= 4 is 86.7 Å². The van der Waals surface area contributed by atoms with Gasteiger partial charge in [0.15, 0.2) is 5.96 Å². The van der Waals surface area contributed by atoms with E-state index >= 15 is 0 Å². The van der Waals surface area contributed by atoms with Gasteiger partial charge in [0.25, 0.3) is 0 Å². The second-order valence-electron chi connectivity index (χ2n) is 20.0. The number of amides is 10. The zero-order chi connectivity index (χ0) is 57.0. The average molecular weight is 1090 g/mol. The molecule has 7 atom stereocenters. The van der Waals surface area contributed by atoms with Crippen LogP contribution in [0.5, 0.6) is 0 Å². The number of benzene rings is 3. The number of rotatable bonds is 15. The predicted molar refractivity (Wildman–Crippen MR) is 295 cm³/mol. The molecule has 2 fully saturated rings. The van der Waals surface area contributed by atoms with Crippen LogP contribution in [0.2, 0.25) is 0 Å². The number of nitrogens with two attached hydrogens (primary N) is 3. The molecule has 6 rings (SSSR count). The number of nitrogens with one attached hydrogen (secondary N) is 9. The summed E-state index contributed by atoms with van der Waals surface area (Å²) >= 11 is 0. The van der Waals surface area contributed by atoms with Crippen LogP contribution < -0.4 is 59.7 Å². The van der Waals surface area contributed by atoms with Crippen molar-refractivity contribution in [2.75, 3.05) is 26.2 Å². The van der Waals surface area contributed by atoms with E-state index in [0.29, 0.717) is 36.8 Å². The Kier molecular flexibility index (Phi) is 22.1. The van der Waals surface area contributed by atoms with Crippen LogP contribution in [0.1, 0.15) is 95.6 Å². The minimum Gasteiger partial charge on any atom is -0.370 e. The largest absolute Gasteiger partial charge is 0.370 e. The number of hydrogen-bond donors (Lipinski definition) is 12. The van der Waals surface area contributed by atoms with Crippen molar-refractivity contribution in [3.8, 4) is 0 Å². The third kappa shape index (κ3) is 17.7. The first kappa shape index (κ1) is 59.7. The van der Waals surface area contributed by atoms with Crippen LogP contribution in [0.25, 0.3) is 21.7 Å². The SMILES string of the molecule is CCCC[C@H](NC(C)=O)C(=O)N[C@H]1CC(=O)NCCCC[C@@H](C(N)=O)NC(=O)CNC(=O)[C@H](Cc2c[nH]c3ccccc23)NC(=O)[C@H](CCCN=C(N)N)NC(=O)[C@@H](Cc2ccc3ccccc3c2)NC(=O)[C@@H]2CCCN2C1=O. The quantitative estimate of drug-likeness (QED) is 0.0410. The summed E-state index contributed by atoms with van der Waals surface area (Å²) in [5, 5.41) is 24.1. The molecular formula is C55H74N14O10. The Morgan fingerprint density at radius 2 is 1.46 bits per heavy atom. The second kappa shape index (κ2) is 29.2. The van der Waals surface area contributed by atoms with Crippen molar-refractivity contribution in [1.29, 1.82) is 0 Å². The van der Waals surface area contributed by atoms with Gasteiger partial charge in [0.1, 0.15) is 42.3 Å². The number of fused-ring (bicyclic) bond motifs is 3. The van der Waals surface area contributed by atoms with Crippen molar-refractivity contribution in [2.24, 2.45) is 22.2 Å². The molecule has 79 heavy (non-hydrogen) atoms. The molecule has 0 aliphatic carbocycles. The Hall–Kier alpha value is -8.57. The molecule has 1 aromatic heterocycles. The molecule has 4 aromatic rings. The fourth-order valence-corrected chi connectivity index (χ4v) is 9.80. The molecule has 0 radical (unpaired) electrons. The topological polar surface area (TPSA) is 376 Å². The van der Waals surface area contributed by atoms with Crippen molar-refractivity contribution in [1.82, 2.24) is 52.4 Å². The number of carbonyl (C=O) groups excluding carboxylic acids is 10. The highest BCUT2D eigenvalue weighted by Gasteiger charge is 2.41. The summed E-state index contributed by atoms with van der Waals surface area (Å²) < 4.78 is 0. The van der Waals surface area contributed by atoms with Gasteiger partial charge >= 0.3 is 0 Å². The van der Waals surface area contributed by atoms with E-state index in [-0.39, 0.29) is 77.0 Å². The maximum absolute atomic E-state index is 14.9. The van der Waals surface area contributed by atoms with Gasteiger partial charge in [0, 0.05) is 56.5 Å². The molecular weight excluding hydrogens is 1020 g/mol. The number of H-pyrrole nitrogens is 1. The number of aromatic nitrogens is 1. The lowest BCUT2D eigenvalue weighted by Crippen LogP contribution is -2.60. The van der Waals surface area contributed by atoms with Crippen LogP contribution in [0, 0.1) is 0 Å². The highest BCUT2D eigenvalue weighted by molar-refractivity contribution is 5.99. The molecule has 3 aromatic carbocycles. The smallest absolute Gasteiger partial charge is 0.246 e. The monoisotopic (exact) mass is 1090 g/mol. The van der Waals surface area contributed by atoms with Crippen molar-refractivity contribution in [2.45, 2.75) is 140 Å². The van der Waals surface area contributed by atoms with Gasteiger partial charge in [-0.15, -0.1) is 0 Å². The van der Waals surface area contributed by atoms with E-state index in [2.05, 4.69) is 52.5 Å². The number of para-hydroxylation sites is 1. The minimum atomic E-state index is -1.50. The zero-order valence-electron chi connectivity index (χ0n) is 44.7. The van der Waals surface area contributed by atoms with E-state index < -0.39 is 114 Å². The fourth-order valence-electron chi connectivity index (χ4n) is 9.80. The molecule has 2 saturated heterocycles. The van der Waals surface area contributed by atoms with Gasteiger partial charge in [-0.1, -0.05) is 80.4 Å². The number of carbonyl (C=O) groups is 10. The number of aromatic amines is 1. The first-order valence-corrected chi connectivity index (χ1v) is 26.9. The molecule has 10 amide bonds. The summed E-state index contributed by atoms with van der Waals surface area (Å²) in [5.41, 5.74) is 18.9. The standard InChI is InChI=1S/C55H74N14O10/c1-3-4-16-40(63-32(2)70)50(75)68-44-29-46(71)59-23-10-9-18-39(48(56)73)64-47(72)31-62-49(74)43(28-36-30-61-38-17-8-7-15-37(36)38)66-51(76)41(19-11-24-60-55(57)58)65-52(77)42(67-53(78)45-20-12-25-69(45)54(44)79)27-33-21-22-34-13-5-6-14-35(34)26-33/h5-8,13-15,17,21-22,26,30,39-45,61H,3-4,9-12,16,18-20,23-25,27-29,31H2,1-2H3,(H2,56,73)(H,59,71)(H,62,74)(H,63,70)(H,64,72)(H,65,77)(H,66,76)(H,67,78)(H,68,75)(H4,57,58,60)/t39-,40-,41-,42+,43-,44-,45-/m0/s1. The lowest BCUT2D eigenvalue weighted by molar-refractivity contribution is -0.143. The Morgan fingerprint density at radius 1 is 0.747 bits per heavy atom. The predicted octanol–water partition coefficient (Wildman–Crippen LogP) is -0.439. The van der Waals surface area contributed by atoms with Crippen LogP contribution in [-0.4, -0.2) is 143 Å². The third-order valence-electron chi connectivity index (χ3n) is 13.9. The fraction of sp³-hybridized carbons (Fsp3) is 0.473. The lowest BCUT2D eigenvalue weighted by atomic mass is 9.99.